The molecule has 1 aliphatic heterocycles. The van der Waals surface area contributed by atoms with Gasteiger partial charge >= 0.3 is 18.8 Å². The number of nitrogens with one attached hydrogen (secondary N) is 1. The van der Waals surface area contributed by atoms with Gasteiger partial charge in [0.05, 0.1) is 6.54 Å². The fourth-order valence-corrected chi connectivity index (χ4v) is 2.73. The summed E-state index contributed by atoms with van der Waals surface area (Å²) in [5, 5.41) is 2.59. The zero-order valence-corrected chi connectivity index (χ0v) is 13.9. The highest BCUT2D eigenvalue weighted by Crippen LogP contribution is 2.20. The van der Waals surface area contributed by atoms with E-state index in [1.807, 2.05) is 0 Å². The van der Waals surface area contributed by atoms with Crippen LogP contribution in [0.2, 0.25) is 0 Å². The summed E-state index contributed by atoms with van der Waals surface area (Å²) in [5.41, 5.74) is 0.384. The van der Waals surface area contributed by atoms with Crippen molar-refractivity contribution in [2.24, 2.45) is 0 Å². The van der Waals surface area contributed by atoms with Crippen molar-refractivity contribution in [2.45, 2.75) is 25.8 Å². The Morgan fingerprint density at radius 3 is 2.58 bits per heavy atom. The summed E-state index contributed by atoms with van der Waals surface area (Å²) in [7, 11) is 0. The number of halogens is 5. The molecule has 0 bridgehead atoms. The van der Waals surface area contributed by atoms with Crippen LogP contribution in [0.4, 0.5) is 26.7 Å². The number of nitrogens with zero attached hydrogens (tertiary/aromatic N) is 2. The second-order valence-electron chi connectivity index (χ2n) is 5.88. The van der Waals surface area contributed by atoms with E-state index in [4.69, 9.17) is 0 Å². The summed E-state index contributed by atoms with van der Waals surface area (Å²) < 4.78 is 66.6. The van der Waals surface area contributed by atoms with Crippen molar-refractivity contribution < 1.29 is 31.5 Å². The predicted molar refractivity (Wildman–Crippen MR) is 84.0 cm³/mol. The van der Waals surface area contributed by atoms with Gasteiger partial charge in [0.1, 0.15) is 5.75 Å². The predicted octanol–water partition coefficient (Wildman–Crippen LogP) is 3.07. The molecule has 0 atom stereocenters. The number of alkyl halides is 5. The number of ether oxygens (including phenoxy) is 1. The topological polar surface area (TPSA) is 44.8 Å². The maximum Gasteiger partial charge on any atom is 0.401 e. The van der Waals surface area contributed by atoms with Gasteiger partial charge in [-0.2, -0.15) is 22.0 Å². The minimum atomic E-state index is -4.27. The fraction of sp³-hybridized carbons (Fsp3) is 0.562. The van der Waals surface area contributed by atoms with Crippen molar-refractivity contribution in [3.63, 3.8) is 0 Å². The Hall–Kier alpha value is -2.10. The second-order valence-corrected chi connectivity index (χ2v) is 5.88. The van der Waals surface area contributed by atoms with Crippen LogP contribution in [-0.2, 0) is 6.54 Å². The number of rotatable bonds is 5. The Labute approximate surface area is 147 Å². The summed E-state index contributed by atoms with van der Waals surface area (Å²) in [6.07, 6.45) is -3.85. The van der Waals surface area contributed by atoms with Gasteiger partial charge < -0.3 is 15.0 Å². The van der Waals surface area contributed by atoms with Crippen LogP contribution >= 0.6 is 0 Å². The molecule has 0 radical (unpaired) electrons. The minimum Gasteiger partial charge on any atom is -0.434 e. The van der Waals surface area contributed by atoms with Crippen molar-refractivity contribution in [2.75, 3.05) is 32.7 Å². The number of carbonyl (C=O) groups is 1. The van der Waals surface area contributed by atoms with Crippen LogP contribution in [0.15, 0.2) is 24.3 Å². The Morgan fingerprint density at radius 2 is 1.88 bits per heavy atom. The van der Waals surface area contributed by atoms with Crippen LogP contribution < -0.4 is 10.1 Å². The Morgan fingerprint density at radius 1 is 1.15 bits per heavy atom. The zero-order valence-electron chi connectivity index (χ0n) is 13.9. The van der Waals surface area contributed by atoms with E-state index in [0.717, 1.165) is 0 Å². The standard InChI is InChI=1S/C16H20F5N3O2/c17-14(18)26-13-5-2-1-4-12(13)10-22-15(25)24-7-3-6-23(8-9-24)11-16(19,20)21/h1-2,4-5,14H,3,6-11H2,(H,22,25). The van der Waals surface area contributed by atoms with Crippen LogP contribution in [0.3, 0.4) is 0 Å². The lowest BCUT2D eigenvalue weighted by atomic mass is 10.2. The molecule has 5 nitrogen and oxygen atoms in total. The first-order valence-corrected chi connectivity index (χ1v) is 8.09. The molecule has 146 valence electrons. The highest BCUT2D eigenvalue weighted by Gasteiger charge is 2.31. The second kappa shape index (κ2) is 9.02. The van der Waals surface area contributed by atoms with Crippen molar-refractivity contribution >= 4 is 6.03 Å². The van der Waals surface area contributed by atoms with Crippen molar-refractivity contribution in [3.8, 4) is 5.75 Å². The highest BCUT2D eigenvalue weighted by atomic mass is 19.4. The van der Waals surface area contributed by atoms with E-state index < -0.39 is 25.4 Å². The van der Waals surface area contributed by atoms with Gasteiger partial charge in [-0.3, -0.25) is 4.90 Å². The van der Waals surface area contributed by atoms with E-state index in [1.54, 1.807) is 12.1 Å². The first-order chi connectivity index (χ1) is 12.2. The largest absolute Gasteiger partial charge is 0.434 e. The van der Waals surface area contributed by atoms with Gasteiger partial charge in [-0.1, -0.05) is 18.2 Å². The molecule has 1 heterocycles. The lowest BCUT2D eigenvalue weighted by molar-refractivity contribution is -0.145. The molecular formula is C16H20F5N3O2. The molecule has 10 heteroatoms. The SMILES string of the molecule is O=C(NCc1ccccc1OC(F)F)N1CCCN(CC(F)(F)F)CC1. The average molecular weight is 381 g/mol. The number of urea groups is 1. The van der Waals surface area contributed by atoms with Gasteiger partial charge in [-0.15, -0.1) is 0 Å². The van der Waals surface area contributed by atoms with Crippen molar-refractivity contribution in [3.05, 3.63) is 29.8 Å². The van der Waals surface area contributed by atoms with Crippen LogP contribution in [0.1, 0.15) is 12.0 Å². The third-order valence-electron chi connectivity index (χ3n) is 3.90. The maximum absolute atomic E-state index is 12.5. The van der Waals surface area contributed by atoms with Gasteiger partial charge in [0.15, 0.2) is 0 Å². The monoisotopic (exact) mass is 381 g/mol. The molecule has 1 aliphatic rings. The summed E-state index contributed by atoms with van der Waals surface area (Å²) in [5.74, 6) is -0.0324. The third kappa shape index (κ3) is 6.66. The van der Waals surface area contributed by atoms with E-state index in [0.29, 0.717) is 18.5 Å². The first kappa shape index (κ1) is 20.2. The molecule has 26 heavy (non-hydrogen) atoms. The molecule has 2 amide bonds. The molecule has 0 spiro atoms. The molecular weight excluding hydrogens is 361 g/mol. The Balaban J connectivity index is 1.87. The number of amides is 2. The van der Waals surface area contributed by atoms with Gasteiger partial charge in [-0.05, 0) is 12.5 Å². The van der Waals surface area contributed by atoms with Crippen molar-refractivity contribution in [1.82, 2.24) is 15.1 Å². The Kier molecular flexibility index (Phi) is 7.01. The van der Waals surface area contributed by atoms with E-state index in [1.165, 1.54) is 21.9 Å². The number of carbonyl (C=O) groups excluding carboxylic acids is 1. The summed E-state index contributed by atoms with van der Waals surface area (Å²) in [6, 6.07) is 5.62. The normalized spacial score (nSPS) is 16.5. The maximum atomic E-state index is 12.5. The lowest BCUT2D eigenvalue weighted by Crippen LogP contribution is -2.42. The summed E-state index contributed by atoms with van der Waals surface area (Å²) in [4.78, 5) is 14.9. The molecule has 1 aromatic carbocycles. The molecule has 0 aliphatic carbocycles. The van der Waals surface area contributed by atoms with Crippen LogP contribution in [-0.4, -0.2) is 61.3 Å². The van der Waals surface area contributed by atoms with E-state index in [2.05, 4.69) is 10.1 Å². The lowest BCUT2D eigenvalue weighted by Gasteiger charge is -2.23. The fourth-order valence-electron chi connectivity index (χ4n) is 2.73. The number of benzene rings is 1. The highest BCUT2D eigenvalue weighted by molar-refractivity contribution is 5.74. The molecule has 0 saturated carbocycles. The molecule has 1 aromatic rings. The van der Waals surface area contributed by atoms with Gasteiger partial charge in [0.2, 0.25) is 0 Å². The average Bonchev–Trinajstić information content (AvgIpc) is 2.77. The molecule has 1 fully saturated rings. The van der Waals surface area contributed by atoms with E-state index >= 15 is 0 Å². The smallest absolute Gasteiger partial charge is 0.401 e. The van der Waals surface area contributed by atoms with E-state index in [9.17, 15) is 26.7 Å². The number of hydrogen-bond acceptors (Lipinski definition) is 3. The third-order valence-corrected chi connectivity index (χ3v) is 3.90. The van der Waals surface area contributed by atoms with Gasteiger partial charge in [-0.25, -0.2) is 4.79 Å². The molecule has 1 saturated heterocycles. The number of para-hydroxylation sites is 1. The van der Waals surface area contributed by atoms with Crippen molar-refractivity contribution in [1.29, 1.82) is 0 Å². The molecule has 2 rings (SSSR count). The minimum absolute atomic E-state index is 0.0233. The van der Waals surface area contributed by atoms with Gasteiger partial charge in [0.25, 0.3) is 0 Å². The zero-order chi connectivity index (χ0) is 19.2. The first-order valence-electron chi connectivity index (χ1n) is 8.09. The quantitative estimate of drug-likeness (QED) is 0.798. The van der Waals surface area contributed by atoms with Crippen LogP contribution in [0.5, 0.6) is 5.75 Å². The Bertz CT molecular complexity index is 597. The van der Waals surface area contributed by atoms with Crippen LogP contribution in [0, 0.1) is 0 Å². The summed E-state index contributed by atoms with van der Waals surface area (Å²) >= 11 is 0. The van der Waals surface area contributed by atoms with Crippen LogP contribution in [0.25, 0.3) is 0 Å². The molecule has 1 N–H and O–H groups in total. The summed E-state index contributed by atoms with van der Waals surface area (Å²) in [6.45, 7) is -3.12. The molecule has 0 unspecified atom stereocenters. The number of hydrogen-bond donors (Lipinski definition) is 1. The molecule has 0 aromatic heterocycles. The van der Waals surface area contributed by atoms with Gasteiger partial charge in [0, 0.05) is 38.3 Å². The van der Waals surface area contributed by atoms with E-state index in [-0.39, 0.29) is 31.9 Å².